The lowest BCUT2D eigenvalue weighted by Crippen LogP contribution is -2.42. The van der Waals surface area contributed by atoms with Gasteiger partial charge in [0.1, 0.15) is 11.9 Å². The molecule has 0 aliphatic carbocycles. The summed E-state index contributed by atoms with van der Waals surface area (Å²) >= 11 is 1.38. The maximum absolute atomic E-state index is 13.2. The van der Waals surface area contributed by atoms with Crippen molar-refractivity contribution in [3.63, 3.8) is 0 Å². The van der Waals surface area contributed by atoms with Gasteiger partial charge in [0.15, 0.2) is 0 Å². The second-order valence-corrected chi connectivity index (χ2v) is 5.09. The molecule has 0 radical (unpaired) electrons. The summed E-state index contributed by atoms with van der Waals surface area (Å²) in [6, 6.07) is 3.12. The molecule has 0 spiro atoms. The summed E-state index contributed by atoms with van der Waals surface area (Å²) in [6.07, 6.45) is 0. The fraction of sp³-hybridized carbons (Fsp3) is 0.333. The molecule has 1 amide bonds. The van der Waals surface area contributed by atoms with Crippen molar-refractivity contribution >= 4 is 23.6 Å². The molecule has 0 bridgehead atoms. The average Bonchev–Trinajstić information content (AvgIpc) is 2.80. The van der Waals surface area contributed by atoms with Crippen molar-refractivity contribution in [2.24, 2.45) is 0 Å². The first-order chi connectivity index (χ1) is 8.50. The Morgan fingerprint density at radius 1 is 1.50 bits per heavy atom. The summed E-state index contributed by atoms with van der Waals surface area (Å²) in [7, 11) is 0. The number of carbonyl (C=O) groups excluding carboxylic acids is 1. The van der Waals surface area contributed by atoms with Crippen molar-refractivity contribution in [1.82, 2.24) is 4.90 Å². The van der Waals surface area contributed by atoms with Gasteiger partial charge in [-0.15, -0.1) is 11.8 Å². The summed E-state index contributed by atoms with van der Waals surface area (Å²) in [4.78, 5) is 24.5. The minimum Gasteiger partial charge on any atom is -0.480 e. The zero-order valence-electron chi connectivity index (χ0n) is 9.72. The van der Waals surface area contributed by atoms with Crippen LogP contribution in [-0.2, 0) is 4.79 Å². The number of carboxylic acid groups (broad SMARTS) is 1. The molecule has 18 heavy (non-hydrogen) atoms. The predicted molar refractivity (Wildman–Crippen MR) is 66.1 cm³/mol. The van der Waals surface area contributed by atoms with Gasteiger partial charge in [-0.1, -0.05) is 6.07 Å². The topological polar surface area (TPSA) is 57.6 Å². The van der Waals surface area contributed by atoms with Crippen LogP contribution in [0.5, 0.6) is 0 Å². The molecule has 0 unspecified atom stereocenters. The zero-order chi connectivity index (χ0) is 13.3. The number of aliphatic carboxylic acids is 1. The normalized spacial score (nSPS) is 19.0. The summed E-state index contributed by atoms with van der Waals surface area (Å²) in [5.41, 5.74) is 0.867. The van der Waals surface area contributed by atoms with Crippen LogP contribution in [0.15, 0.2) is 18.2 Å². The van der Waals surface area contributed by atoms with E-state index in [9.17, 15) is 14.0 Å². The number of aryl methyl sites for hydroxylation is 1. The Kier molecular flexibility index (Phi) is 3.56. The molecule has 1 aliphatic rings. The third-order valence-electron chi connectivity index (χ3n) is 2.86. The SMILES string of the molecule is Cc1ccc(F)cc1C(=O)N1CSC[C@@H]1C(=O)O. The first-order valence-corrected chi connectivity index (χ1v) is 6.54. The van der Waals surface area contributed by atoms with E-state index < -0.39 is 23.7 Å². The van der Waals surface area contributed by atoms with E-state index in [1.165, 1.54) is 28.8 Å². The van der Waals surface area contributed by atoms with Crippen molar-refractivity contribution in [3.8, 4) is 0 Å². The summed E-state index contributed by atoms with van der Waals surface area (Å²) in [5, 5.41) is 9.02. The van der Waals surface area contributed by atoms with Crippen LogP contribution in [0.1, 0.15) is 15.9 Å². The molecule has 1 aromatic carbocycles. The van der Waals surface area contributed by atoms with Crippen molar-refractivity contribution in [2.45, 2.75) is 13.0 Å². The minimum atomic E-state index is -1.03. The maximum atomic E-state index is 13.2. The van der Waals surface area contributed by atoms with Gasteiger partial charge >= 0.3 is 5.97 Å². The molecule has 1 aromatic rings. The van der Waals surface area contributed by atoms with Crippen LogP contribution in [0.25, 0.3) is 0 Å². The van der Waals surface area contributed by atoms with Crippen LogP contribution in [-0.4, -0.2) is 39.6 Å². The van der Waals surface area contributed by atoms with Crippen LogP contribution in [0.3, 0.4) is 0 Å². The highest BCUT2D eigenvalue weighted by Crippen LogP contribution is 2.24. The second kappa shape index (κ2) is 4.97. The molecule has 1 atom stereocenters. The third-order valence-corrected chi connectivity index (χ3v) is 3.87. The van der Waals surface area contributed by atoms with Gasteiger partial charge in [0, 0.05) is 11.3 Å². The van der Waals surface area contributed by atoms with Crippen LogP contribution >= 0.6 is 11.8 Å². The summed E-state index contributed by atoms with van der Waals surface area (Å²) in [5.74, 6) is -1.25. The first kappa shape index (κ1) is 12.9. The van der Waals surface area contributed by atoms with Crippen molar-refractivity contribution in [3.05, 3.63) is 35.1 Å². The number of nitrogens with zero attached hydrogens (tertiary/aromatic N) is 1. The monoisotopic (exact) mass is 269 g/mol. The number of halogens is 1. The number of hydrogen-bond donors (Lipinski definition) is 1. The molecule has 1 fully saturated rings. The molecule has 6 heteroatoms. The summed E-state index contributed by atoms with van der Waals surface area (Å²) in [6.45, 7) is 1.70. The van der Waals surface area contributed by atoms with Gasteiger partial charge in [-0.2, -0.15) is 0 Å². The number of carboxylic acids is 1. The first-order valence-electron chi connectivity index (χ1n) is 5.38. The van der Waals surface area contributed by atoms with Gasteiger partial charge in [0.05, 0.1) is 5.88 Å². The fourth-order valence-electron chi connectivity index (χ4n) is 1.83. The second-order valence-electron chi connectivity index (χ2n) is 4.09. The van der Waals surface area contributed by atoms with E-state index in [0.29, 0.717) is 17.2 Å². The number of carbonyl (C=O) groups is 2. The van der Waals surface area contributed by atoms with Crippen molar-refractivity contribution in [2.75, 3.05) is 11.6 Å². The Morgan fingerprint density at radius 2 is 2.22 bits per heavy atom. The largest absolute Gasteiger partial charge is 0.480 e. The molecular formula is C12H12FNO3S. The van der Waals surface area contributed by atoms with Crippen molar-refractivity contribution in [1.29, 1.82) is 0 Å². The van der Waals surface area contributed by atoms with E-state index in [1.54, 1.807) is 6.92 Å². The number of hydrogen-bond acceptors (Lipinski definition) is 3. The van der Waals surface area contributed by atoms with Gasteiger partial charge in [0.25, 0.3) is 5.91 Å². The molecule has 1 heterocycles. The summed E-state index contributed by atoms with van der Waals surface area (Å²) < 4.78 is 13.2. The van der Waals surface area contributed by atoms with Crippen LogP contribution in [0.2, 0.25) is 0 Å². The Hall–Kier alpha value is -1.56. The van der Waals surface area contributed by atoms with Gasteiger partial charge < -0.3 is 10.0 Å². The average molecular weight is 269 g/mol. The third kappa shape index (κ3) is 2.33. The fourth-order valence-corrected chi connectivity index (χ4v) is 2.97. The number of thioether (sulfide) groups is 1. The Balaban J connectivity index is 2.31. The predicted octanol–water partition coefficient (Wildman–Crippen LogP) is 1.73. The molecule has 0 saturated carbocycles. The zero-order valence-corrected chi connectivity index (χ0v) is 10.5. The Bertz CT molecular complexity index is 506. The molecule has 4 nitrogen and oxygen atoms in total. The van der Waals surface area contributed by atoms with Gasteiger partial charge in [-0.25, -0.2) is 9.18 Å². The van der Waals surface area contributed by atoms with E-state index in [0.717, 1.165) is 6.07 Å². The van der Waals surface area contributed by atoms with Crippen molar-refractivity contribution < 1.29 is 19.1 Å². The highest BCUT2D eigenvalue weighted by Gasteiger charge is 2.35. The van der Waals surface area contributed by atoms with E-state index >= 15 is 0 Å². The molecule has 1 aliphatic heterocycles. The molecule has 2 rings (SSSR count). The minimum absolute atomic E-state index is 0.226. The lowest BCUT2D eigenvalue weighted by atomic mass is 10.1. The highest BCUT2D eigenvalue weighted by molar-refractivity contribution is 7.99. The molecule has 1 saturated heterocycles. The highest BCUT2D eigenvalue weighted by atomic mass is 32.2. The van der Waals surface area contributed by atoms with E-state index in [2.05, 4.69) is 0 Å². The molecular weight excluding hydrogens is 257 g/mol. The molecule has 0 aromatic heterocycles. The van der Waals surface area contributed by atoms with E-state index in [1.807, 2.05) is 0 Å². The standard InChI is InChI=1S/C12H12FNO3S/c1-7-2-3-8(13)4-9(7)11(15)14-6-18-5-10(14)12(16)17/h2-4,10H,5-6H2,1H3,(H,16,17)/t10-/m1/s1. The number of rotatable bonds is 2. The van der Waals surface area contributed by atoms with Crippen LogP contribution < -0.4 is 0 Å². The Morgan fingerprint density at radius 3 is 2.89 bits per heavy atom. The van der Waals surface area contributed by atoms with Crippen LogP contribution in [0.4, 0.5) is 4.39 Å². The van der Waals surface area contributed by atoms with Gasteiger partial charge in [0.2, 0.25) is 0 Å². The quantitative estimate of drug-likeness (QED) is 0.888. The maximum Gasteiger partial charge on any atom is 0.327 e. The van der Waals surface area contributed by atoms with Crippen LogP contribution in [0, 0.1) is 12.7 Å². The lowest BCUT2D eigenvalue weighted by Gasteiger charge is -2.21. The number of amides is 1. The number of benzene rings is 1. The lowest BCUT2D eigenvalue weighted by molar-refractivity contribution is -0.140. The van der Waals surface area contributed by atoms with E-state index in [-0.39, 0.29) is 5.56 Å². The van der Waals surface area contributed by atoms with E-state index in [4.69, 9.17) is 5.11 Å². The Labute approximate surface area is 108 Å². The molecule has 96 valence electrons. The van der Waals surface area contributed by atoms with Gasteiger partial charge in [-0.3, -0.25) is 4.79 Å². The molecule has 1 N–H and O–H groups in total. The smallest absolute Gasteiger partial charge is 0.327 e. The van der Waals surface area contributed by atoms with Gasteiger partial charge in [-0.05, 0) is 24.6 Å².